The molecule has 1 N–H and O–H groups in total. The van der Waals surface area contributed by atoms with Crippen LogP contribution in [0, 0.1) is 0 Å². The number of amides is 1. The van der Waals surface area contributed by atoms with Gasteiger partial charge < -0.3 is 14.8 Å². The molecule has 5 nitrogen and oxygen atoms in total. The van der Waals surface area contributed by atoms with Crippen molar-refractivity contribution in [1.82, 2.24) is 4.98 Å². The first-order valence-electron chi connectivity index (χ1n) is 10.0. The number of ether oxygens (including phenoxy) is 2. The summed E-state index contributed by atoms with van der Waals surface area (Å²) in [6.45, 7) is 3.33. The Morgan fingerprint density at radius 3 is 2.30 bits per heavy atom. The third-order valence-electron chi connectivity index (χ3n) is 4.30. The number of nitrogens with zero attached hydrogens (tertiary/aromatic N) is 1. The summed E-state index contributed by atoms with van der Waals surface area (Å²) in [6.07, 6.45) is 3.14. The van der Waals surface area contributed by atoms with Gasteiger partial charge in [-0.05, 0) is 61.4 Å². The number of hydrogen-bond donors (Lipinski definition) is 1. The van der Waals surface area contributed by atoms with Crippen molar-refractivity contribution in [2.75, 3.05) is 18.5 Å². The van der Waals surface area contributed by atoms with E-state index in [2.05, 4.69) is 17.2 Å². The van der Waals surface area contributed by atoms with E-state index in [4.69, 9.17) is 21.1 Å². The summed E-state index contributed by atoms with van der Waals surface area (Å²) in [5.41, 5.74) is 1.83. The molecule has 0 atom stereocenters. The van der Waals surface area contributed by atoms with Crippen LogP contribution < -0.4 is 14.8 Å². The highest BCUT2D eigenvalue weighted by Crippen LogP contribution is 2.26. The molecule has 0 fully saturated rings. The molecule has 1 heterocycles. The summed E-state index contributed by atoms with van der Waals surface area (Å²) in [4.78, 5) is 16.7. The molecule has 3 aromatic rings. The fourth-order valence-corrected chi connectivity index (χ4v) is 3.52. The van der Waals surface area contributed by atoms with Crippen molar-refractivity contribution >= 4 is 34.0 Å². The molecule has 0 radical (unpaired) electrons. The third-order valence-corrected chi connectivity index (χ3v) is 5.31. The predicted molar refractivity (Wildman–Crippen MR) is 123 cm³/mol. The van der Waals surface area contributed by atoms with Crippen LogP contribution >= 0.6 is 22.9 Å². The molecular weight excluding hydrogens is 420 g/mol. The smallest absolute Gasteiger partial charge is 0.226 e. The Bertz CT molecular complexity index is 926. The average Bonchev–Trinajstić information content (AvgIpc) is 3.21. The number of rotatable bonds is 11. The first-order chi connectivity index (χ1) is 14.6. The summed E-state index contributed by atoms with van der Waals surface area (Å²) in [5, 5.41) is 6.05. The minimum atomic E-state index is -0.0738. The van der Waals surface area contributed by atoms with Crippen molar-refractivity contribution in [3.63, 3.8) is 0 Å². The summed E-state index contributed by atoms with van der Waals surface area (Å²) in [7, 11) is 0. The second-order valence-electron chi connectivity index (χ2n) is 6.72. The van der Waals surface area contributed by atoms with E-state index in [0.29, 0.717) is 29.6 Å². The number of unbranched alkanes of at least 4 members (excludes halogenated alkanes) is 1. The van der Waals surface area contributed by atoms with E-state index >= 15 is 0 Å². The SMILES string of the molecule is CCCCOc1ccc(-c2csc(NC(=O)CCCOc3ccc(Cl)cc3)n2)cc1. The van der Waals surface area contributed by atoms with Crippen molar-refractivity contribution in [2.24, 2.45) is 0 Å². The van der Waals surface area contributed by atoms with Gasteiger partial charge in [0.2, 0.25) is 5.91 Å². The van der Waals surface area contributed by atoms with Crippen LogP contribution in [-0.2, 0) is 4.79 Å². The lowest BCUT2D eigenvalue weighted by Crippen LogP contribution is -2.12. The monoisotopic (exact) mass is 444 g/mol. The number of nitrogens with one attached hydrogen (secondary N) is 1. The lowest BCUT2D eigenvalue weighted by atomic mass is 10.2. The number of halogens is 1. The van der Waals surface area contributed by atoms with Crippen molar-refractivity contribution in [3.8, 4) is 22.8 Å². The van der Waals surface area contributed by atoms with Gasteiger partial charge in [0.15, 0.2) is 5.13 Å². The van der Waals surface area contributed by atoms with E-state index in [0.717, 1.165) is 42.2 Å². The third kappa shape index (κ3) is 7.04. The molecule has 0 aliphatic rings. The first kappa shape index (κ1) is 22.1. The molecule has 1 aromatic heterocycles. The van der Waals surface area contributed by atoms with E-state index in [9.17, 15) is 4.79 Å². The van der Waals surface area contributed by atoms with Crippen LogP contribution in [-0.4, -0.2) is 24.1 Å². The van der Waals surface area contributed by atoms with Gasteiger partial charge in [0.25, 0.3) is 0 Å². The Morgan fingerprint density at radius 1 is 1.00 bits per heavy atom. The Morgan fingerprint density at radius 2 is 1.63 bits per heavy atom. The predicted octanol–water partition coefficient (Wildman–Crippen LogP) is 6.44. The maximum Gasteiger partial charge on any atom is 0.226 e. The average molecular weight is 445 g/mol. The van der Waals surface area contributed by atoms with E-state index < -0.39 is 0 Å². The van der Waals surface area contributed by atoms with Gasteiger partial charge in [-0.2, -0.15) is 0 Å². The highest BCUT2D eigenvalue weighted by Gasteiger charge is 2.09. The maximum atomic E-state index is 12.2. The zero-order valence-electron chi connectivity index (χ0n) is 16.9. The number of aromatic nitrogens is 1. The number of thiazole rings is 1. The molecule has 0 spiro atoms. The molecule has 158 valence electrons. The molecule has 0 aliphatic heterocycles. The zero-order valence-corrected chi connectivity index (χ0v) is 18.5. The fraction of sp³-hybridized carbons (Fsp3) is 0.304. The van der Waals surface area contributed by atoms with Crippen LogP contribution in [0.2, 0.25) is 5.02 Å². The summed E-state index contributed by atoms with van der Waals surface area (Å²) in [6, 6.07) is 15.0. The lowest BCUT2D eigenvalue weighted by Gasteiger charge is -2.06. The van der Waals surface area contributed by atoms with Gasteiger partial charge in [-0.15, -0.1) is 11.3 Å². The summed E-state index contributed by atoms with van der Waals surface area (Å²) >= 11 is 7.26. The van der Waals surface area contributed by atoms with E-state index in [-0.39, 0.29) is 5.91 Å². The van der Waals surface area contributed by atoms with E-state index in [1.807, 2.05) is 41.8 Å². The van der Waals surface area contributed by atoms with Crippen molar-refractivity contribution in [2.45, 2.75) is 32.6 Å². The summed E-state index contributed by atoms with van der Waals surface area (Å²) in [5.74, 6) is 1.53. The maximum absolute atomic E-state index is 12.2. The van der Waals surface area contributed by atoms with E-state index in [1.165, 1.54) is 11.3 Å². The molecule has 0 saturated heterocycles. The highest BCUT2D eigenvalue weighted by molar-refractivity contribution is 7.14. The largest absolute Gasteiger partial charge is 0.494 e. The van der Waals surface area contributed by atoms with Crippen molar-refractivity contribution in [1.29, 1.82) is 0 Å². The molecule has 0 unspecified atom stereocenters. The number of anilines is 1. The Labute approximate surface area is 186 Å². The van der Waals surface area contributed by atoms with Crippen LogP contribution in [0.15, 0.2) is 53.9 Å². The first-order valence-corrected chi connectivity index (χ1v) is 11.3. The van der Waals surface area contributed by atoms with Gasteiger partial charge >= 0.3 is 0 Å². The zero-order chi connectivity index (χ0) is 21.2. The molecule has 0 aliphatic carbocycles. The molecule has 0 saturated carbocycles. The molecule has 2 aromatic carbocycles. The number of hydrogen-bond acceptors (Lipinski definition) is 5. The van der Waals surface area contributed by atoms with Crippen LogP contribution in [0.5, 0.6) is 11.5 Å². The van der Waals surface area contributed by atoms with Gasteiger partial charge in [-0.1, -0.05) is 24.9 Å². The number of carbonyl (C=O) groups is 1. The second kappa shape index (κ2) is 11.6. The van der Waals surface area contributed by atoms with Crippen LogP contribution in [0.4, 0.5) is 5.13 Å². The molecule has 1 amide bonds. The quantitative estimate of drug-likeness (QED) is 0.345. The Balaban J connectivity index is 1.42. The minimum Gasteiger partial charge on any atom is -0.494 e. The van der Waals surface area contributed by atoms with Crippen LogP contribution in [0.1, 0.15) is 32.6 Å². The topological polar surface area (TPSA) is 60.5 Å². The van der Waals surface area contributed by atoms with Crippen LogP contribution in [0.3, 0.4) is 0 Å². The lowest BCUT2D eigenvalue weighted by molar-refractivity contribution is -0.116. The molecule has 7 heteroatoms. The Kier molecular flexibility index (Phi) is 8.53. The van der Waals surface area contributed by atoms with Gasteiger partial charge in [-0.3, -0.25) is 4.79 Å². The molecular formula is C23H25ClN2O3S. The molecule has 30 heavy (non-hydrogen) atoms. The second-order valence-corrected chi connectivity index (χ2v) is 8.01. The van der Waals surface area contributed by atoms with Crippen LogP contribution in [0.25, 0.3) is 11.3 Å². The van der Waals surface area contributed by atoms with Crippen molar-refractivity contribution in [3.05, 3.63) is 58.9 Å². The van der Waals surface area contributed by atoms with Crippen molar-refractivity contribution < 1.29 is 14.3 Å². The van der Waals surface area contributed by atoms with Gasteiger partial charge in [0, 0.05) is 22.4 Å². The molecule has 3 rings (SSSR count). The normalized spacial score (nSPS) is 10.6. The van der Waals surface area contributed by atoms with Gasteiger partial charge in [0.05, 0.1) is 18.9 Å². The van der Waals surface area contributed by atoms with Gasteiger partial charge in [-0.25, -0.2) is 4.98 Å². The highest BCUT2D eigenvalue weighted by atomic mass is 35.5. The summed E-state index contributed by atoms with van der Waals surface area (Å²) < 4.78 is 11.3. The Hall–Kier alpha value is -2.57. The minimum absolute atomic E-state index is 0.0738. The fourth-order valence-electron chi connectivity index (χ4n) is 2.66. The number of benzene rings is 2. The van der Waals surface area contributed by atoms with Gasteiger partial charge in [0.1, 0.15) is 11.5 Å². The standard InChI is InChI=1S/C23H25ClN2O3S/c1-2-3-14-28-19-10-6-17(7-11-19)21-16-30-23(25-21)26-22(27)5-4-15-29-20-12-8-18(24)9-13-20/h6-13,16H,2-5,14-15H2,1H3,(H,25,26,27). The number of carbonyl (C=O) groups excluding carboxylic acids is 1. The van der Waals surface area contributed by atoms with E-state index in [1.54, 1.807) is 12.1 Å². The molecule has 0 bridgehead atoms.